The van der Waals surface area contributed by atoms with Gasteiger partial charge < -0.3 is 18.9 Å². The first-order valence-electron chi connectivity index (χ1n) is 8.71. The lowest BCUT2D eigenvalue weighted by atomic mass is 10.1. The summed E-state index contributed by atoms with van der Waals surface area (Å²) in [5.41, 5.74) is 1.47. The Hall–Kier alpha value is -2.98. The van der Waals surface area contributed by atoms with Crippen LogP contribution in [0.3, 0.4) is 0 Å². The molecular formula is C19H20N2O7S. The number of hydrazine groups is 1. The summed E-state index contributed by atoms with van der Waals surface area (Å²) in [5, 5.41) is 1.20. The van der Waals surface area contributed by atoms with Gasteiger partial charge in [-0.25, -0.2) is 8.42 Å². The lowest BCUT2D eigenvalue weighted by molar-refractivity contribution is 0.0365. The average Bonchev–Trinajstić information content (AvgIpc) is 3.19. The van der Waals surface area contributed by atoms with Crippen LogP contribution in [0.1, 0.15) is 21.5 Å². The lowest BCUT2D eigenvalue weighted by Gasteiger charge is -2.25. The van der Waals surface area contributed by atoms with Crippen LogP contribution in [0.15, 0.2) is 29.2 Å². The minimum atomic E-state index is -4.03. The van der Waals surface area contributed by atoms with Gasteiger partial charge in [-0.1, -0.05) is 12.1 Å². The first kappa shape index (κ1) is 19.3. The molecule has 29 heavy (non-hydrogen) atoms. The molecule has 0 N–H and O–H groups in total. The Morgan fingerprint density at radius 1 is 0.793 bits per heavy atom. The van der Waals surface area contributed by atoms with Crippen LogP contribution in [-0.2, 0) is 23.1 Å². The second-order valence-corrected chi connectivity index (χ2v) is 8.25. The van der Waals surface area contributed by atoms with Gasteiger partial charge in [-0.2, -0.15) is 0 Å². The molecule has 10 heteroatoms. The molecule has 0 spiro atoms. The Kier molecular flexibility index (Phi) is 4.55. The number of amides is 1. The molecule has 2 aliphatic rings. The molecule has 0 unspecified atom stereocenters. The molecule has 0 bridgehead atoms. The number of carbonyl (C=O) groups is 1. The van der Waals surface area contributed by atoms with Gasteiger partial charge in [0, 0.05) is 0 Å². The molecule has 0 radical (unpaired) electrons. The highest BCUT2D eigenvalue weighted by Crippen LogP contribution is 2.46. The lowest BCUT2D eigenvalue weighted by Crippen LogP contribution is -2.42. The number of ether oxygens (including phenoxy) is 4. The topological polar surface area (TPSA) is 94.6 Å². The van der Waals surface area contributed by atoms with E-state index >= 15 is 0 Å². The van der Waals surface area contributed by atoms with Crippen LogP contribution in [0.25, 0.3) is 0 Å². The van der Waals surface area contributed by atoms with Crippen molar-refractivity contribution < 1.29 is 32.2 Å². The van der Waals surface area contributed by atoms with Crippen molar-refractivity contribution in [2.75, 3.05) is 28.4 Å². The number of carbonyl (C=O) groups excluding carboxylic acids is 1. The fourth-order valence-corrected chi connectivity index (χ4v) is 5.57. The van der Waals surface area contributed by atoms with Crippen molar-refractivity contribution in [1.29, 1.82) is 0 Å². The molecule has 9 nitrogen and oxygen atoms in total. The van der Waals surface area contributed by atoms with E-state index in [4.69, 9.17) is 18.9 Å². The maximum atomic E-state index is 13.3. The summed E-state index contributed by atoms with van der Waals surface area (Å²) in [4.78, 5) is 13.2. The minimum Gasteiger partial charge on any atom is -0.493 e. The van der Waals surface area contributed by atoms with E-state index in [2.05, 4.69) is 0 Å². The van der Waals surface area contributed by atoms with E-state index in [9.17, 15) is 13.2 Å². The largest absolute Gasteiger partial charge is 0.493 e. The van der Waals surface area contributed by atoms with Gasteiger partial charge in [0.2, 0.25) is 0 Å². The molecule has 0 atom stereocenters. The summed E-state index contributed by atoms with van der Waals surface area (Å²) in [5.74, 6) is 0.638. The van der Waals surface area contributed by atoms with Crippen molar-refractivity contribution in [3.05, 3.63) is 41.0 Å². The minimum absolute atomic E-state index is 0.00708. The van der Waals surface area contributed by atoms with Crippen LogP contribution in [-0.4, -0.2) is 52.2 Å². The van der Waals surface area contributed by atoms with Crippen molar-refractivity contribution in [3.8, 4) is 23.0 Å². The first-order chi connectivity index (χ1) is 13.9. The molecule has 2 aromatic carbocycles. The Labute approximate surface area is 168 Å². The summed E-state index contributed by atoms with van der Waals surface area (Å²) in [6, 6.07) is 6.72. The first-order valence-corrected chi connectivity index (χ1v) is 10.1. The number of fused-ring (bicyclic) bond motifs is 2. The third kappa shape index (κ3) is 2.63. The molecule has 2 aromatic rings. The van der Waals surface area contributed by atoms with Gasteiger partial charge in [0.25, 0.3) is 15.9 Å². The summed E-state index contributed by atoms with van der Waals surface area (Å²) < 4.78 is 48.9. The summed E-state index contributed by atoms with van der Waals surface area (Å²) in [6.07, 6.45) is 0. The fraction of sp³-hybridized carbons (Fsp3) is 0.316. The SMILES string of the molecule is COc1ccc2c(c1OC)C(=O)N(N1Cc3ccc(OC)c(OC)c3S1(=O)=O)C2. The second kappa shape index (κ2) is 6.82. The van der Waals surface area contributed by atoms with Gasteiger partial charge in [0.05, 0.1) is 47.1 Å². The van der Waals surface area contributed by atoms with Gasteiger partial charge in [-0.15, -0.1) is 4.41 Å². The molecule has 0 saturated carbocycles. The molecule has 154 valence electrons. The predicted molar refractivity (Wildman–Crippen MR) is 102 cm³/mol. The van der Waals surface area contributed by atoms with Gasteiger partial charge in [-0.3, -0.25) is 9.80 Å². The number of sulfonamides is 1. The zero-order chi connectivity index (χ0) is 20.9. The number of benzene rings is 2. The molecule has 0 aliphatic carbocycles. The van der Waals surface area contributed by atoms with Crippen molar-refractivity contribution in [3.63, 3.8) is 0 Å². The number of methoxy groups -OCH3 is 4. The standard InChI is InChI=1S/C19H20N2O7S/c1-25-13-7-5-11-9-20(19(22)15(11)16(13)27-3)21-10-12-6-8-14(26-2)17(28-4)18(12)29(21,23)24/h5-8H,9-10H2,1-4H3. The quantitative estimate of drug-likeness (QED) is 0.728. The molecule has 1 amide bonds. The van der Waals surface area contributed by atoms with Crippen LogP contribution in [0.2, 0.25) is 0 Å². The normalized spacial score (nSPS) is 17.1. The number of hydrogen-bond acceptors (Lipinski definition) is 7. The molecule has 2 aliphatic heterocycles. The van der Waals surface area contributed by atoms with Crippen molar-refractivity contribution in [2.45, 2.75) is 18.0 Å². The Balaban J connectivity index is 1.78. The van der Waals surface area contributed by atoms with Crippen LogP contribution in [0.5, 0.6) is 23.0 Å². The van der Waals surface area contributed by atoms with Gasteiger partial charge >= 0.3 is 0 Å². The van der Waals surface area contributed by atoms with Crippen molar-refractivity contribution >= 4 is 15.9 Å². The van der Waals surface area contributed by atoms with Crippen molar-refractivity contribution in [1.82, 2.24) is 9.42 Å². The fourth-order valence-electron chi connectivity index (χ4n) is 3.77. The second-order valence-electron chi connectivity index (χ2n) is 6.47. The van der Waals surface area contributed by atoms with Crippen LogP contribution < -0.4 is 18.9 Å². The summed E-state index contributed by atoms with van der Waals surface area (Å²) in [7, 11) is 1.70. The number of hydrogen-bond donors (Lipinski definition) is 0. The predicted octanol–water partition coefficient (Wildman–Crippen LogP) is 1.80. The van der Waals surface area contributed by atoms with E-state index < -0.39 is 15.9 Å². The Morgan fingerprint density at radius 3 is 1.97 bits per heavy atom. The summed E-state index contributed by atoms with van der Waals surface area (Å²) in [6.45, 7) is 0.110. The van der Waals surface area contributed by atoms with E-state index in [-0.39, 0.29) is 29.5 Å². The number of rotatable bonds is 5. The molecule has 2 heterocycles. The van der Waals surface area contributed by atoms with Crippen molar-refractivity contribution in [2.24, 2.45) is 0 Å². The van der Waals surface area contributed by atoms with E-state index in [1.165, 1.54) is 33.4 Å². The number of nitrogens with zero attached hydrogens (tertiary/aromatic N) is 2. The zero-order valence-corrected chi connectivity index (χ0v) is 17.2. The van der Waals surface area contributed by atoms with E-state index in [0.29, 0.717) is 28.2 Å². The molecule has 0 saturated heterocycles. The maximum Gasteiger partial charge on any atom is 0.273 e. The van der Waals surface area contributed by atoms with Gasteiger partial charge in [-0.05, 0) is 23.3 Å². The average molecular weight is 420 g/mol. The Morgan fingerprint density at radius 2 is 1.38 bits per heavy atom. The van der Waals surface area contributed by atoms with Crippen LogP contribution in [0, 0.1) is 0 Å². The maximum absolute atomic E-state index is 13.3. The highest BCUT2D eigenvalue weighted by atomic mass is 32.2. The molecule has 0 fully saturated rings. The van der Waals surface area contributed by atoms with E-state index in [0.717, 1.165) is 4.41 Å². The molecule has 0 aromatic heterocycles. The highest BCUT2D eigenvalue weighted by molar-refractivity contribution is 7.89. The smallest absolute Gasteiger partial charge is 0.273 e. The van der Waals surface area contributed by atoms with Gasteiger partial charge in [0.1, 0.15) is 4.90 Å². The molecule has 4 rings (SSSR count). The highest BCUT2D eigenvalue weighted by Gasteiger charge is 2.47. The zero-order valence-electron chi connectivity index (χ0n) is 16.4. The third-order valence-corrected chi connectivity index (χ3v) is 6.94. The molecular weight excluding hydrogens is 400 g/mol. The van der Waals surface area contributed by atoms with E-state index in [1.54, 1.807) is 24.3 Å². The van der Waals surface area contributed by atoms with Gasteiger partial charge in [0.15, 0.2) is 23.0 Å². The summed E-state index contributed by atoms with van der Waals surface area (Å²) >= 11 is 0. The Bertz CT molecular complexity index is 1110. The monoisotopic (exact) mass is 420 g/mol. The van der Waals surface area contributed by atoms with Crippen LogP contribution >= 0.6 is 0 Å². The third-order valence-electron chi connectivity index (χ3n) is 5.09. The van der Waals surface area contributed by atoms with E-state index in [1.807, 2.05) is 0 Å². The van der Waals surface area contributed by atoms with Crippen LogP contribution in [0.4, 0.5) is 0 Å².